The van der Waals surface area contributed by atoms with Crippen LogP contribution in [0, 0.1) is 0 Å². The van der Waals surface area contributed by atoms with Crippen LogP contribution < -0.4 is 14.4 Å². The van der Waals surface area contributed by atoms with E-state index in [0.717, 1.165) is 20.4 Å². The van der Waals surface area contributed by atoms with Crippen LogP contribution in [0.3, 0.4) is 0 Å². The Labute approximate surface area is 180 Å². The van der Waals surface area contributed by atoms with Crippen LogP contribution in [0.2, 0.25) is 0 Å². The molecule has 0 atom stereocenters. The van der Waals surface area contributed by atoms with E-state index in [2.05, 4.69) is 5.32 Å². The second kappa shape index (κ2) is 9.69. The maximum Gasteiger partial charge on any atom is 0.245 e. The Kier molecular flexibility index (Phi) is 7.02. The zero-order valence-electron chi connectivity index (χ0n) is 16.6. The molecule has 0 heterocycles. The van der Waals surface area contributed by atoms with E-state index in [-0.39, 0.29) is 6.54 Å². The number of methoxy groups -OCH3 is 1. The molecule has 3 aromatic carbocycles. The summed E-state index contributed by atoms with van der Waals surface area (Å²) in [5.41, 5.74) is 1.01. The normalized spacial score (nSPS) is 11.0. The molecule has 1 N–H and O–H groups in total. The van der Waals surface area contributed by atoms with Crippen molar-refractivity contribution >= 4 is 39.1 Å². The summed E-state index contributed by atoms with van der Waals surface area (Å²) < 4.78 is 30.8. The lowest BCUT2D eigenvalue weighted by molar-refractivity contribution is -0.114. The number of nitrogens with one attached hydrogen (secondary N) is 1. The molecule has 0 aliphatic rings. The number of rotatable bonds is 8. The lowest BCUT2D eigenvalue weighted by Crippen LogP contribution is -2.37. The third kappa shape index (κ3) is 5.77. The molecule has 0 fully saturated rings. The summed E-state index contributed by atoms with van der Waals surface area (Å²) in [4.78, 5) is 14.6. The number of hydrogen-bond acceptors (Lipinski definition) is 5. The SMILES string of the molecule is COc1ccc(N(CC(=O)Nc2ccccc2Sc2ccccc2)S(C)(=O)=O)cc1. The first kappa shape index (κ1) is 21.7. The number of carbonyl (C=O) groups excluding carboxylic acids is 1. The minimum atomic E-state index is -3.66. The van der Waals surface area contributed by atoms with Gasteiger partial charge in [-0.05, 0) is 48.5 Å². The molecule has 0 aliphatic heterocycles. The number of anilines is 2. The van der Waals surface area contributed by atoms with E-state index in [9.17, 15) is 13.2 Å². The standard InChI is InChI=1S/C22H22N2O4S2/c1-28-18-14-12-17(13-15-18)24(30(2,26)27)16-22(25)23-20-10-6-7-11-21(20)29-19-8-4-3-5-9-19/h3-15H,16H2,1-2H3,(H,23,25). The van der Waals surface area contributed by atoms with Gasteiger partial charge in [-0.2, -0.15) is 0 Å². The summed E-state index contributed by atoms with van der Waals surface area (Å²) in [6.45, 7) is -0.338. The van der Waals surface area contributed by atoms with Crippen molar-refractivity contribution in [3.63, 3.8) is 0 Å². The van der Waals surface area contributed by atoms with Crippen molar-refractivity contribution in [2.24, 2.45) is 0 Å². The van der Waals surface area contributed by atoms with Crippen molar-refractivity contribution in [2.45, 2.75) is 9.79 Å². The Balaban J connectivity index is 1.77. The molecule has 6 nitrogen and oxygen atoms in total. The van der Waals surface area contributed by atoms with E-state index in [4.69, 9.17) is 4.74 Å². The van der Waals surface area contributed by atoms with Crippen molar-refractivity contribution in [1.82, 2.24) is 0 Å². The fourth-order valence-corrected chi connectivity index (χ4v) is 4.52. The zero-order valence-corrected chi connectivity index (χ0v) is 18.2. The largest absolute Gasteiger partial charge is 0.497 e. The minimum Gasteiger partial charge on any atom is -0.497 e. The Morgan fingerprint density at radius 1 is 0.967 bits per heavy atom. The van der Waals surface area contributed by atoms with Gasteiger partial charge in [0.2, 0.25) is 15.9 Å². The van der Waals surface area contributed by atoms with Crippen LogP contribution in [-0.4, -0.2) is 34.2 Å². The summed E-state index contributed by atoms with van der Waals surface area (Å²) in [5.74, 6) is 0.167. The van der Waals surface area contributed by atoms with Gasteiger partial charge < -0.3 is 10.1 Å². The third-order valence-electron chi connectivity index (χ3n) is 4.18. The first-order valence-electron chi connectivity index (χ1n) is 9.10. The molecule has 0 bridgehead atoms. The van der Waals surface area contributed by atoms with Crippen molar-refractivity contribution in [2.75, 3.05) is 29.5 Å². The second-order valence-electron chi connectivity index (χ2n) is 6.43. The quantitative estimate of drug-likeness (QED) is 0.564. The number of hydrogen-bond donors (Lipinski definition) is 1. The van der Waals surface area contributed by atoms with Crippen LogP contribution in [0.4, 0.5) is 11.4 Å². The lowest BCUT2D eigenvalue weighted by Gasteiger charge is -2.22. The van der Waals surface area contributed by atoms with Gasteiger partial charge in [0.25, 0.3) is 0 Å². The average Bonchev–Trinajstić information content (AvgIpc) is 2.73. The fraction of sp³-hybridized carbons (Fsp3) is 0.136. The molecule has 30 heavy (non-hydrogen) atoms. The van der Waals surface area contributed by atoms with Gasteiger partial charge in [-0.15, -0.1) is 0 Å². The second-order valence-corrected chi connectivity index (χ2v) is 9.45. The minimum absolute atomic E-state index is 0.338. The smallest absolute Gasteiger partial charge is 0.245 e. The van der Waals surface area contributed by atoms with Gasteiger partial charge in [0.15, 0.2) is 0 Å². The van der Waals surface area contributed by atoms with Crippen LogP contribution in [0.1, 0.15) is 0 Å². The highest BCUT2D eigenvalue weighted by atomic mass is 32.2. The number of ether oxygens (including phenoxy) is 1. The fourth-order valence-electron chi connectivity index (χ4n) is 2.74. The molecule has 0 spiro atoms. The molecule has 8 heteroatoms. The topological polar surface area (TPSA) is 75.7 Å². The summed E-state index contributed by atoms with van der Waals surface area (Å²) in [5, 5.41) is 2.84. The summed E-state index contributed by atoms with van der Waals surface area (Å²) in [6.07, 6.45) is 1.07. The number of nitrogens with zero attached hydrogens (tertiary/aromatic N) is 1. The van der Waals surface area contributed by atoms with E-state index in [1.807, 2.05) is 48.5 Å². The summed E-state index contributed by atoms with van der Waals surface area (Å²) in [6, 6.07) is 23.7. The Morgan fingerprint density at radius 3 is 2.23 bits per heavy atom. The Morgan fingerprint density at radius 2 is 1.60 bits per heavy atom. The lowest BCUT2D eigenvalue weighted by atomic mass is 10.3. The number of amides is 1. The number of para-hydroxylation sites is 1. The summed E-state index contributed by atoms with van der Waals surface area (Å²) >= 11 is 1.52. The first-order valence-corrected chi connectivity index (χ1v) is 11.8. The van der Waals surface area contributed by atoms with Gasteiger partial charge in [-0.3, -0.25) is 9.10 Å². The van der Waals surface area contributed by atoms with Gasteiger partial charge in [0.1, 0.15) is 12.3 Å². The zero-order chi connectivity index (χ0) is 21.6. The van der Waals surface area contributed by atoms with Crippen LogP contribution in [0.25, 0.3) is 0 Å². The van der Waals surface area contributed by atoms with Crippen molar-refractivity contribution in [3.05, 3.63) is 78.9 Å². The van der Waals surface area contributed by atoms with Crippen LogP contribution in [0.5, 0.6) is 5.75 Å². The van der Waals surface area contributed by atoms with Crippen molar-refractivity contribution in [1.29, 1.82) is 0 Å². The van der Waals surface area contributed by atoms with Crippen molar-refractivity contribution in [3.8, 4) is 5.75 Å². The van der Waals surface area contributed by atoms with Gasteiger partial charge in [-0.25, -0.2) is 8.42 Å². The molecular formula is C22H22N2O4S2. The maximum absolute atomic E-state index is 12.7. The first-order chi connectivity index (χ1) is 14.4. The number of benzene rings is 3. The molecule has 0 radical (unpaired) electrons. The molecule has 156 valence electrons. The van der Waals surface area contributed by atoms with E-state index in [1.54, 1.807) is 30.3 Å². The molecule has 0 aromatic heterocycles. The predicted octanol–water partition coefficient (Wildman–Crippen LogP) is 4.25. The van der Waals surface area contributed by atoms with E-state index in [0.29, 0.717) is 17.1 Å². The van der Waals surface area contributed by atoms with Crippen LogP contribution >= 0.6 is 11.8 Å². The van der Waals surface area contributed by atoms with E-state index >= 15 is 0 Å². The highest BCUT2D eigenvalue weighted by Crippen LogP contribution is 2.33. The summed E-state index contributed by atoms with van der Waals surface area (Å²) in [7, 11) is -2.13. The third-order valence-corrected chi connectivity index (χ3v) is 6.40. The Bertz CT molecular complexity index is 1100. The molecule has 1 amide bonds. The maximum atomic E-state index is 12.7. The molecule has 0 saturated carbocycles. The van der Waals surface area contributed by atoms with Gasteiger partial charge in [0.05, 0.1) is 24.7 Å². The molecule has 3 rings (SSSR count). The van der Waals surface area contributed by atoms with Crippen LogP contribution in [-0.2, 0) is 14.8 Å². The highest BCUT2D eigenvalue weighted by Gasteiger charge is 2.21. The van der Waals surface area contributed by atoms with Gasteiger partial charge in [-0.1, -0.05) is 42.1 Å². The Hall–Kier alpha value is -2.97. The van der Waals surface area contributed by atoms with Gasteiger partial charge >= 0.3 is 0 Å². The molecule has 0 saturated heterocycles. The van der Waals surface area contributed by atoms with E-state index in [1.165, 1.54) is 18.9 Å². The monoisotopic (exact) mass is 442 g/mol. The average molecular weight is 443 g/mol. The van der Waals surface area contributed by atoms with Crippen molar-refractivity contribution < 1.29 is 17.9 Å². The molecule has 3 aromatic rings. The van der Waals surface area contributed by atoms with E-state index < -0.39 is 15.9 Å². The predicted molar refractivity (Wildman–Crippen MR) is 121 cm³/mol. The number of carbonyl (C=O) groups is 1. The molecule has 0 aliphatic carbocycles. The van der Waals surface area contributed by atoms with Gasteiger partial charge in [0, 0.05) is 9.79 Å². The highest BCUT2D eigenvalue weighted by molar-refractivity contribution is 7.99. The molecular weight excluding hydrogens is 420 g/mol. The molecule has 0 unspecified atom stereocenters. The van der Waals surface area contributed by atoms with Crippen LogP contribution in [0.15, 0.2) is 88.7 Å². The number of sulfonamides is 1.